The number of rotatable bonds is 0. The fourth-order valence-corrected chi connectivity index (χ4v) is 4.76. The normalized spacial score (nSPS) is 23.5. The maximum Gasteiger partial charge on any atom is 0.321 e. The summed E-state index contributed by atoms with van der Waals surface area (Å²) in [6.07, 6.45) is 8.58. The Hall–Kier alpha value is -3.06. The Morgan fingerprint density at radius 2 is 0.719 bits per heavy atom. The standard InChI is InChI=1S/C28H32N4/c1-25(2)17-9-11-19(29-17)26(3,4)21-13-15-23(31-21)28(7,8)24-16-14-22(32-24)27(5,6)20-12-10-18(25)30-20/h9-16H,1-8H3. The van der Waals surface area contributed by atoms with Crippen LogP contribution in [0.25, 0.3) is 0 Å². The van der Waals surface area contributed by atoms with Gasteiger partial charge in [-0.15, -0.1) is 11.4 Å². The molecular weight excluding hydrogens is 392 g/mol. The van der Waals surface area contributed by atoms with Crippen LogP contribution in [0.4, 0.5) is 0 Å². The van der Waals surface area contributed by atoms with Gasteiger partial charge in [-0.25, -0.2) is 0 Å². The van der Waals surface area contributed by atoms with Crippen molar-refractivity contribution in [2.45, 2.75) is 71.6 Å². The van der Waals surface area contributed by atoms with E-state index in [1.165, 1.54) is 0 Å². The summed E-state index contributed by atoms with van der Waals surface area (Å²) in [7, 11) is 0. The molecule has 0 saturated carbocycles. The molecule has 0 N–H and O–H groups in total. The fraction of sp³-hybridized carbons (Fsp3) is 0.429. The van der Waals surface area contributed by atoms with Crippen LogP contribution in [0, 0.1) is 5.41 Å². The van der Waals surface area contributed by atoms with Crippen LogP contribution in [0.2, 0.25) is 0 Å². The third kappa shape index (κ3) is 2.77. The molecule has 164 valence electrons. The molecule has 0 radical (unpaired) electrons. The molecule has 4 heteroatoms. The molecule has 0 fully saturated rings. The van der Waals surface area contributed by atoms with Crippen LogP contribution in [0.5, 0.6) is 0 Å². The van der Waals surface area contributed by atoms with Gasteiger partial charge in [0.2, 0.25) is 0 Å². The Morgan fingerprint density at radius 1 is 0.438 bits per heavy atom. The molecule has 0 saturated heterocycles. The first-order valence-corrected chi connectivity index (χ1v) is 11.4. The number of nitrogens with zero attached hydrogens (tertiary/aromatic N) is 4. The Kier molecular flexibility index (Phi) is 4.07. The lowest BCUT2D eigenvalue weighted by atomic mass is 9.82. The van der Waals surface area contributed by atoms with Crippen molar-refractivity contribution in [3.63, 3.8) is 0 Å². The minimum absolute atomic E-state index is 0.295. The summed E-state index contributed by atoms with van der Waals surface area (Å²) in [5.74, 6) is 0. The zero-order valence-electron chi connectivity index (χ0n) is 20.4. The Bertz CT molecular complexity index is 1230. The van der Waals surface area contributed by atoms with Gasteiger partial charge >= 0.3 is 22.8 Å². The summed E-state index contributed by atoms with van der Waals surface area (Å²) in [4.78, 5) is 10.2. The van der Waals surface area contributed by atoms with Gasteiger partial charge in [0.25, 0.3) is 0 Å². The van der Waals surface area contributed by atoms with Gasteiger partial charge in [-0.1, -0.05) is 47.4 Å². The van der Waals surface area contributed by atoms with E-state index in [0.717, 1.165) is 45.6 Å². The molecule has 3 aliphatic heterocycles. The van der Waals surface area contributed by atoms with E-state index in [1.54, 1.807) is 0 Å². The Balaban J connectivity index is 1.80. The molecule has 3 aliphatic rings. The van der Waals surface area contributed by atoms with E-state index in [4.69, 9.17) is 19.3 Å². The summed E-state index contributed by atoms with van der Waals surface area (Å²) >= 11 is 0. The minimum atomic E-state index is -0.295. The molecule has 0 amide bonds. The van der Waals surface area contributed by atoms with Crippen molar-refractivity contribution >= 4 is 22.8 Å². The largest absolute Gasteiger partial charge is 0.663 e. The van der Waals surface area contributed by atoms with Crippen molar-refractivity contribution in [3.8, 4) is 0 Å². The topological polar surface area (TPSA) is 56.4 Å². The van der Waals surface area contributed by atoms with Crippen LogP contribution in [0.3, 0.4) is 0 Å². The first kappa shape index (κ1) is 20.8. The summed E-state index contributed by atoms with van der Waals surface area (Å²) in [5, 5.41) is 0. The van der Waals surface area contributed by atoms with Gasteiger partial charge in [-0.2, -0.15) is 11.4 Å². The average molecular weight is 425 g/mol. The van der Waals surface area contributed by atoms with Crippen LogP contribution in [-0.4, -0.2) is 22.8 Å². The van der Waals surface area contributed by atoms with E-state index in [0.29, 0.717) is 0 Å². The predicted octanol–water partition coefficient (Wildman–Crippen LogP) is 3.56. The van der Waals surface area contributed by atoms with Crippen LogP contribution in [0.15, 0.2) is 48.6 Å². The van der Waals surface area contributed by atoms with Gasteiger partial charge in [0.1, 0.15) is 0 Å². The summed E-state index contributed by atoms with van der Waals surface area (Å²) in [6.45, 7) is 17.6. The van der Waals surface area contributed by atoms with Gasteiger partial charge in [0, 0.05) is 24.3 Å². The molecule has 0 unspecified atom stereocenters. The van der Waals surface area contributed by atoms with Gasteiger partial charge in [-0.05, 0) is 47.0 Å². The SMILES string of the molecule is CC1(C)C2=[N+]=C(C=C2)C(C)(C)c2ccc([n-]2)C(C)(C)c2ccc([n-]2)C(C)(C)C2=[N+]=C1C=C2. The first-order chi connectivity index (χ1) is 14.8. The lowest BCUT2D eigenvalue weighted by Crippen LogP contribution is -2.35. The second-order valence-electron chi connectivity index (χ2n) is 11.4. The monoisotopic (exact) mass is 424 g/mol. The van der Waals surface area contributed by atoms with Crippen molar-refractivity contribution in [1.82, 2.24) is 19.3 Å². The van der Waals surface area contributed by atoms with Gasteiger partial charge in [-0.3, -0.25) is 0 Å². The van der Waals surface area contributed by atoms with Crippen molar-refractivity contribution in [2.75, 3.05) is 0 Å². The quantitative estimate of drug-likeness (QED) is 0.607. The summed E-state index contributed by atoms with van der Waals surface area (Å²) < 4.78 is 10.2. The lowest BCUT2D eigenvalue weighted by Gasteiger charge is -2.36. The average Bonchev–Trinajstić information content (AvgIpc) is 3.53. The third-order valence-electron chi connectivity index (χ3n) is 7.68. The fourth-order valence-electron chi connectivity index (χ4n) is 4.76. The molecule has 2 aromatic rings. The van der Waals surface area contributed by atoms with Crippen molar-refractivity contribution in [2.24, 2.45) is 5.41 Å². The van der Waals surface area contributed by atoms with E-state index in [-0.39, 0.29) is 21.7 Å². The van der Waals surface area contributed by atoms with Crippen molar-refractivity contribution in [3.05, 3.63) is 71.3 Å². The van der Waals surface area contributed by atoms with Crippen LogP contribution < -0.4 is 19.3 Å². The highest BCUT2D eigenvalue weighted by atomic mass is 14.8. The predicted molar refractivity (Wildman–Crippen MR) is 134 cm³/mol. The Labute approximate surface area is 190 Å². The second kappa shape index (κ2) is 6.25. The number of fused-ring (bicyclic) bond motifs is 4. The molecule has 8 bridgehead atoms. The number of allylic oxidation sites excluding steroid dienone is 4. The molecule has 5 rings (SSSR count). The lowest BCUT2D eigenvalue weighted by molar-refractivity contribution is 0.579. The summed E-state index contributed by atoms with van der Waals surface area (Å²) in [5.41, 5.74) is 7.12. The summed E-state index contributed by atoms with van der Waals surface area (Å²) in [6, 6.07) is 8.58. The molecule has 4 nitrogen and oxygen atoms in total. The third-order valence-corrected chi connectivity index (χ3v) is 7.68. The van der Waals surface area contributed by atoms with Crippen molar-refractivity contribution in [1.29, 1.82) is 0 Å². The highest BCUT2D eigenvalue weighted by Gasteiger charge is 2.48. The maximum atomic E-state index is 5.10. The molecular formula is C28H32N4. The number of aromatic nitrogens is 2. The van der Waals surface area contributed by atoms with Gasteiger partial charge < -0.3 is 9.97 Å². The number of hydrogen-bond acceptors (Lipinski definition) is 0. The van der Waals surface area contributed by atoms with E-state index >= 15 is 0 Å². The molecule has 32 heavy (non-hydrogen) atoms. The van der Waals surface area contributed by atoms with E-state index in [9.17, 15) is 0 Å². The molecule has 0 atom stereocenters. The number of hydrogen-bond donors (Lipinski definition) is 0. The van der Waals surface area contributed by atoms with Crippen LogP contribution in [0.1, 0.15) is 78.2 Å². The Morgan fingerprint density at radius 3 is 1.06 bits per heavy atom. The van der Waals surface area contributed by atoms with Crippen LogP contribution in [-0.2, 0) is 16.2 Å². The van der Waals surface area contributed by atoms with Crippen molar-refractivity contribution < 1.29 is 0 Å². The smallest absolute Gasteiger partial charge is 0.321 e. The highest BCUT2D eigenvalue weighted by Crippen LogP contribution is 2.35. The molecule has 0 aromatic carbocycles. The van der Waals surface area contributed by atoms with Gasteiger partial charge in [0.05, 0.1) is 10.8 Å². The zero-order valence-corrected chi connectivity index (χ0v) is 20.4. The molecule has 0 spiro atoms. The van der Waals surface area contributed by atoms with E-state index in [1.807, 2.05) is 0 Å². The molecule has 5 heterocycles. The van der Waals surface area contributed by atoms with E-state index in [2.05, 4.69) is 104 Å². The second-order valence-corrected chi connectivity index (χ2v) is 11.4. The zero-order chi connectivity index (χ0) is 23.1. The van der Waals surface area contributed by atoms with Gasteiger partial charge in [0.15, 0.2) is 5.41 Å². The minimum Gasteiger partial charge on any atom is -0.663 e. The first-order valence-electron chi connectivity index (χ1n) is 11.4. The molecule has 2 aromatic heterocycles. The molecule has 0 aliphatic carbocycles. The maximum absolute atomic E-state index is 5.10. The van der Waals surface area contributed by atoms with Crippen LogP contribution >= 0.6 is 0 Å². The van der Waals surface area contributed by atoms with E-state index < -0.39 is 0 Å². The highest BCUT2D eigenvalue weighted by molar-refractivity contribution is 6.27.